The molecule has 0 spiro atoms. The number of anilines is 1. The second kappa shape index (κ2) is 7.65. The Labute approximate surface area is 154 Å². The Morgan fingerprint density at radius 3 is 2.73 bits per heavy atom. The highest BCUT2D eigenvalue weighted by atomic mass is 32.2. The van der Waals surface area contributed by atoms with Crippen LogP contribution < -0.4 is 5.32 Å². The van der Waals surface area contributed by atoms with Gasteiger partial charge in [-0.3, -0.25) is 4.79 Å². The minimum absolute atomic E-state index is 0.254. The van der Waals surface area contributed by atoms with E-state index in [0.717, 1.165) is 11.3 Å². The maximum Gasteiger partial charge on any atom is 0.237 e. The van der Waals surface area contributed by atoms with E-state index in [4.69, 9.17) is 0 Å². The first-order valence-electron chi connectivity index (χ1n) is 8.03. The molecule has 0 fully saturated rings. The fraction of sp³-hybridized carbons (Fsp3) is 0.222. The fourth-order valence-corrected chi connectivity index (χ4v) is 3.10. The third kappa shape index (κ3) is 4.08. The summed E-state index contributed by atoms with van der Waals surface area (Å²) >= 11 is 1.23. The Morgan fingerprint density at radius 2 is 2.00 bits per heavy atom. The number of carbonyl (C=O) groups excluding carboxylic acids is 1. The predicted octanol–water partition coefficient (Wildman–Crippen LogP) is 3.54. The van der Waals surface area contributed by atoms with Crippen LogP contribution in [0.15, 0.2) is 47.6 Å². The zero-order chi connectivity index (χ0) is 18.7. The summed E-state index contributed by atoms with van der Waals surface area (Å²) in [5, 5.41) is 14.5. The lowest BCUT2D eigenvalue weighted by molar-refractivity contribution is -0.115. The third-order valence-electron chi connectivity index (χ3n) is 3.92. The van der Waals surface area contributed by atoms with E-state index in [9.17, 15) is 9.18 Å². The average Bonchev–Trinajstić information content (AvgIpc) is 3.05. The first-order valence-corrected chi connectivity index (χ1v) is 8.91. The first-order chi connectivity index (χ1) is 12.4. The number of benzene rings is 2. The van der Waals surface area contributed by atoms with E-state index in [-0.39, 0.29) is 5.91 Å². The summed E-state index contributed by atoms with van der Waals surface area (Å²) < 4.78 is 14.8. The quantitative estimate of drug-likeness (QED) is 0.695. The molecule has 134 valence electrons. The average molecular weight is 371 g/mol. The normalized spacial score (nSPS) is 12.0. The van der Waals surface area contributed by atoms with E-state index >= 15 is 0 Å². The highest BCUT2D eigenvalue weighted by molar-refractivity contribution is 8.00. The number of halogens is 1. The van der Waals surface area contributed by atoms with Gasteiger partial charge in [0.05, 0.1) is 10.9 Å². The van der Waals surface area contributed by atoms with E-state index in [1.807, 2.05) is 32.0 Å². The number of nitrogens with one attached hydrogen (secondary N) is 1. The Morgan fingerprint density at radius 1 is 1.19 bits per heavy atom. The number of aromatic nitrogens is 4. The number of hydrogen-bond donors (Lipinski definition) is 1. The van der Waals surface area contributed by atoms with Crippen LogP contribution in [0.4, 0.5) is 10.1 Å². The van der Waals surface area contributed by atoms with Gasteiger partial charge in [0.1, 0.15) is 5.82 Å². The molecule has 1 unspecified atom stereocenters. The largest absolute Gasteiger partial charge is 0.325 e. The Hall–Kier alpha value is -2.74. The monoisotopic (exact) mass is 371 g/mol. The second-order valence-corrected chi connectivity index (χ2v) is 7.21. The molecule has 6 nitrogen and oxygen atoms in total. The molecule has 0 saturated carbocycles. The minimum atomic E-state index is -0.463. The molecule has 0 aliphatic rings. The van der Waals surface area contributed by atoms with E-state index in [1.165, 1.54) is 29.5 Å². The molecule has 3 rings (SSSR count). The van der Waals surface area contributed by atoms with E-state index < -0.39 is 11.1 Å². The van der Waals surface area contributed by atoms with Crippen molar-refractivity contribution in [1.82, 2.24) is 20.2 Å². The molecule has 1 aromatic heterocycles. The van der Waals surface area contributed by atoms with Crippen molar-refractivity contribution < 1.29 is 9.18 Å². The van der Waals surface area contributed by atoms with Crippen molar-refractivity contribution in [2.45, 2.75) is 31.2 Å². The van der Waals surface area contributed by atoms with Gasteiger partial charge in [-0.25, -0.2) is 4.39 Å². The van der Waals surface area contributed by atoms with Gasteiger partial charge in [0.15, 0.2) is 0 Å². The summed E-state index contributed by atoms with van der Waals surface area (Å²) in [5.41, 5.74) is 3.55. The summed E-state index contributed by atoms with van der Waals surface area (Å²) in [7, 11) is 0. The van der Waals surface area contributed by atoms with Gasteiger partial charge in [-0.1, -0.05) is 23.9 Å². The van der Waals surface area contributed by atoms with Crippen LogP contribution in [0.3, 0.4) is 0 Å². The predicted molar refractivity (Wildman–Crippen MR) is 99.0 cm³/mol. The van der Waals surface area contributed by atoms with Gasteiger partial charge < -0.3 is 5.32 Å². The van der Waals surface area contributed by atoms with Crippen molar-refractivity contribution in [1.29, 1.82) is 0 Å². The maximum absolute atomic E-state index is 13.2. The van der Waals surface area contributed by atoms with Gasteiger partial charge >= 0.3 is 0 Å². The number of tetrazole rings is 1. The third-order valence-corrected chi connectivity index (χ3v) is 4.95. The van der Waals surface area contributed by atoms with Gasteiger partial charge in [0.25, 0.3) is 0 Å². The Kier molecular flexibility index (Phi) is 5.32. The molecule has 1 N–H and O–H groups in total. The standard InChI is InChI=1S/C18H18FN5OS/c1-11-7-8-16(9-12(11)2)24-18(21-22-23-24)26-13(3)17(25)20-15-6-4-5-14(19)10-15/h4-10,13H,1-3H3,(H,20,25). The van der Waals surface area contributed by atoms with Crippen LogP contribution in [0.1, 0.15) is 18.1 Å². The van der Waals surface area contributed by atoms with Crippen LogP contribution in [-0.2, 0) is 4.79 Å². The lowest BCUT2D eigenvalue weighted by Gasteiger charge is -2.12. The minimum Gasteiger partial charge on any atom is -0.325 e. The highest BCUT2D eigenvalue weighted by Gasteiger charge is 2.19. The molecule has 2 aromatic carbocycles. The van der Waals surface area contributed by atoms with Crippen LogP contribution in [0.25, 0.3) is 5.69 Å². The van der Waals surface area contributed by atoms with E-state index in [1.54, 1.807) is 23.7 Å². The van der Waals surface area contributed by atoms with Gasteiger partial charge in [-0.2, -0.15) is 4.68 Å². The van der Waals surface area contributed by atoms with Gasteiger partial charge in [-0.05, 0) is 72.7 Å². The van der Waals surface area contributed by atoms with Gasteiger partial charge in [0, 0.05) is 5.69 Å². The van der Waals surface area contributed by atoms with Crippen molar-refractivity contribution in [3.05, 3.63) is 59.4 Å². The molecule has 3 aromatic rings. The number of thioether (sulfide) groups is 1. The molecule has 1 heterocycles. The Bertz CT molecular complexity index is 943. The van der Waals surface area contributed by atoms with E-state index in [2.05, 4.69) is 20.8 Å². The highest BCUT2D eigenvalue weighted by Crippen LogP contribution is 2.24. The van der Waals surface area contributed by atoms with Crippen LogP contribution in [0.5, 0.6) is 0 Å². The number of aryl methyl sites for hydroxylation is 2. The second-order valence-electron chi connectivity index (χ2n) is 5.90. The molecule has 1 atom stereocenters. The lowest BCUT2D eigenvalue weighted by Crippen LogP contribution is -2.23. The van der Waals surface area contributed by atoms with Gasteiger partial charge in [0.2, 0.25) is 11.1 Å². The number of rotatable bonds is 5. The van der Waals surface area contributed by atoms with Crippen molar-refractivity contribution in [3.8, 4) is 5.69 Å². The van der Waals surface area contributed by atoms with Crippen LogP contribution in [-0.4, -0.2) is 31.4 Å². The van der Waals surface area contributed by atoms with Crippen molar-refractivity contribution in [2.24, 2.45) is 0 Å². The molecule has 1 amide bonds. The Balaban J connectivity index is 1.74. The number of hydrogen-bond acceptors (Lipinski definition) is 5. The smallest absolute Gasteiger partial charge is 0.237 e. The van der Waals surface area contributed by atoms with Crippen LogP contribution >= 0.6 is 11.8 Å². The molecule has 8 heteroatoms. The first kappa shape index (κ1) is 18.1. The summed E-state index contributed by atoms with van der Waals surface area (Å²) in [6, 6.07) is 11.7. The summed E-state index contributed by atoms with van der Waals surface area (Å²) in [4.78, 5) is 12.4. The topological polar surface area (TPSA) is 72.7 Å². The molecule has 0 saturated heterocycles. The van der Waals surface area contributed by atoms with Crippen molar-refractivity contribution in [2.75, 3.05) is 5.32 Å². The van der Waals surface area contributed by atoms with Crippen LogP contribution in [0, 0.1) is 19.7 Å². The summed E-state index contributed by atoms with van der Waals surface area (Å²) in [6.07, 6.45) is 0. The van der Waals surface area contributed by atoms with Crippen molar-refractivity contribution >= 4 is 23.4 Å². The summed E-state index contributed by atoms with van der Waals surface area (Å²) in [5.74, 6) is -0.656. The molecular formula is C18H18FN5OS. The zero-order valence-electron chi connectivity index (χ0n) is 14.6. The fourth-order valence-electron chi connectivity index (χ4n) is 2.29. The van der Waals surface area contributed by atoms with Gasteiger partial charge in [-0.15, -0.1) is 5.10 Å². The molecule has 0 aliphatic heterocycles. The molecular weight excluding hydrogens is 353 g/mol. The number of amides is 1. The summed E-state index contributed by atoms with van der Waals surface area (Å²) in [6.45, 7) is 5.80. The lowest BCUT2D eigenvalue weighted by atomic mass is 10.1. The molecule has 0 aliphatic carbocycles. The molecule has 0 bridgehead atoms. The number of carbonyl (C=O) groups is 1. The number of nitrogens with zero attached hydrogens (tertiary/aromatic N) is 4. The molecule has 0 radical (unpaired) electrons. The molecule has 26 heavy (non-hydrogen) atoms. The van der Waals surface area contributed by atoms with E-state index in [0.29, 0.717) is 10.8 Å². The van der Waals surface area contributed by atoms with Crippen molar-refractivity contribution in [3.63, 3.8) is 0 Å². The zero-order valence-corrected chi connectivity index (χ0v) is 15.4. The van der Waals surface area contributed by atoms with Crippen LogP contribution in [0.2, 0.25) is 0 Å². The maximum atomic E-state index is 13.2. The SMILES string of the molecule is Cc1ccc(-n2nnnc2SC(C)C(=O)Nc2cccc(F)c2)cc1C.